The molecule has 2 N–H and O–H groups in total. The van der Waals surface area contributed by atoms with Crippen molar-refractivity contribution >= 4 is 5.69 Å². The van der Waals surface area contributed by atoms with Gasteiger partial charge in [-0.3, -0.25) is 0 Å². The zero-order chi connectivity index (χ0) is 13.7. The fourth-order valence-corrected chi connectivity index (χ4v) is 3.09. The molecule has 106 valence electrons. The Labute approximate surface area is 118 Å². The molecule has 1 fully saturated rings. The molecule has 0 saturated heterocycles. The van der Waals surface area contributed by atoms with E-state index in [0.29, 0.717) is 5.92 Å². The second-order valence-corrected chi connectivity index (χ2v) is 6.13. The maximum atomic E-state index is 5.74. The molecule has 2 nitrogen and oxygen atoms in total. The Hall–Kier alpha value is -1.02. The molecule has 1 aromatic carbocycles. The van der Waals surface area contributed by atoms with Crippen LogP contribution >= 0.6 is 0 Å². The monoisotopic (exact) mass is 260 g/mol. The number of anilines is 1. The number of nitrogen functional groups attached to an aromatic ring is 1. The molecule has 0 aromatic heterocycles. The first-order valence-corrected chi connectivity index (χ1v) is 7.72. The molecule has 1 aromatic rings. The summed E-state index contributed by atoms with van der Waals surface area (Å²) in [6, 6.07) is 9.18. The van der Waals surface area contributed by atoms with E-state index in [-0.39, 0.29) is 0 Å². The molecule has 1 unspecified atom stereocenters. The van der Waals surface area contributed by atoms with Crippen molar-refractivity contribution in [1.82, 2.24) is 4.90 Å². The average Bonchev–Trinajstić information content (AvgIpc) is 2.46. The summed E-state index contributed by atoms with van der Waals surface area (Å²) in [6.45, 7) is 3.52. The van der Waals surface area contributed by atoms with Gasteiger partial charge in [-0.05, 0) is 56.5 Å². The lowest BCUT2D eigenvalue weighted by molar-refractivity contribution is 0.187. The molecule has 1 aliphatic rings. The molecule has 0 radical (unpaired) electrons. The molecule has 1 aliphatic carbocycles. The predicted octanol–water partition coefficient (Wildman–Crippen LogP) is 4.03. The van der Waals surface area contributed by atoms with Crippen molar-refractivity contribution in [3.8, 4) is 0 Å². The highest BCUT2D eigenvalue weighted by atomic mass is 15.1. The van der Waals surface area contributed by atoms with Crippen LogP contribution in [0.3, 0.4) is 0 Å². The maximum absolute atomic E-state index is 5.74. The first-order valence-electron chi connectivity index (χ1n) is 7.72. The lowest BCUT2D eigenvalue weighted by atomic mass is 9.93. The Morgan fingerprint density at radius 3 is 2.42 bits per heavy atom. The molecule has 0 heterocycles. The van der Waals surface area contributed by atoms with Crippen molar-refractivity contribution in [3.05, 3.63) is 29.8 Å². The van der Waals surface area contributed by atoms with Crippen LogP contribution in [0.2, 0.25) is 0 Å². The summed E-state index contributed by atoms with van der Waals surface area (Å²) in [7, 11) is 2.30. The van der Waals surface area contributed by atoms with Crippen LogP contribution in [0.25, 0.3) is 0 Å². The second kappa shape index (κ2) is 6.95. The summed E-state index contributed by atoms with van der Waals surface area (Å²) in [6.07, 6.45) is 8.30. The predicted molar refractivity (Wildman–Crippen MR) is 83.4 cm³/mol. The van der Waals surface area contributed by atoms with Crippen LogP contribution in [-0.2, 0) is 0 Å². The van der Waals surface area contributed by atoms with Crippen LogP contribution in [0.1, 0.15) is 56.9 Å². The first kappa shape index (κ1) is 14.4. The number of hydrogen-bond donors (Lipinski definition) is 1. The van der Waals surface area contributed by atoms with Gasteiger partial charge in [-0.2, -0.15) is 0 Å². The fourth-order valence-electron chi connectivity index (χ4n) is 3.09. The van der Waals surface area contributed by atoms with Crippen molar-refractivity contribution in [3.63, 3.8) is 0 Å². The SMILES string of the molecule is CC(CCN(C)C1CCCCC1)c1ccc(N)cc1. The number of benzene rings is 1. The van der Waals surface area contributed by atoms with Gasteiger partial charge in [0.05, 0.1) is 0 Å². The Morgan fingerprint density at radius 2 is 1.79 bits per heavy atom. The molecule has 2 heteroatoms. The Balaban J connectivity index is 1.79. The zero-order valence-corrected chi connectivity index (χ0v) is 12.4. The molecule has 2 rings (SSSR count). The van der Waals surface area contributed by atoms with E-state index >= 15 is 0 Å². The third-order valence-electron chi connectivity index (χ3n) is 4.62. The summed E-state index contributed by atoms with van der Waals surface area (Å²) in [5.74, 6) is 0.617. The molecule has 0 spiro atoms. The normalized spacial score (nSPS) is 18.7. The van der Waals surface area contributed by atoms with Gasteiger partial charge in [0.25, 0.3) is 0 Å². The highest BCUT2D eigenvalue weighted by Crippen LogP contribution is 2.24. The van der Waals surface area contributed by atoms with Gasteiger partial charge in [-0.15, -0.1) is 0 Å². The lowest BCUT2D eigenvalue weighted by Gasteiger charge is -2.31. The van der Waals surface area contributed by atoms with Crippen molar-refractivity contribution < 1.29 is 0 Å². The topological polar surface area (TPSA) is 29.3 Å². The lowest BCUT2D eigenvalue weighted by Crippen LogP contribution is -2.34. The minimum atomic E-state index is 0.617. The van der Waals surface area contributed by atoms with Crippen molar-refractivity contribution in [2.75, 3.05) is 19.3 Å². The third kappa shape index (κ3) is 4.24. The van der Waals surface area contributed by atoms with E-state index in [1.54, 1.807) is 0 Å². The van der Waals surface area contributed by atoms with Gasteiger partial charge in [-0.1, -0.05) is 38.3 Å². The quantitative estimate of drug-likeness (QED) is 0.810. The first-order chi connectivity index (χ1) is 9.16. The second-order valence-electron chi connectivity index (χ2n) is 6.13. The van der Waals surface area contributed by atoms with Gasteiger partial charge in [0.15, 0.2) is 0 Å². The van der Waals surface area contributed by atoms with Crippen LogP contribution in [0.4, 0.5) is 5.69 Å². The van der Waals surface area contributed by atoms with E-state index < -0.39 is 0 Å². The Morgan fingerprint density at radius 1 is 1.16 bits per heavy atom. The maximum Gasteiger partial charge on any atom is 0.0314 e. The van der Waals surface area contributed by atoms with Crippen LogP contribution in [-0.4, -0.2) is 24.5 Å². The molecule has 0 bridgehead atoms. The van der Waals surface area contributed by atoms with Crippen LogP contribution in [0.15, 0.2) is 24.3 Å². The van der Waals surface area contributed by atoms with Gasteiger partial charge >= 0.3 is 0 Å². The molecular formula is C17H28N2. The standard InChI is InChI=1S/C17H28N2/c1-14(15-8-10-16(18)11-9-15)12-13-19(2)17-6-4-3-5-7-17/h8-11,14,17H,3-7,12-13,18H2,1-2H3. The summed E-state index contributed by atoms with van der Waals surface area (Å²) >= 11 is 0. The summed E-state index contributed by atoms with van der Waals surface area (Å²) in [5.41, 5.74) is 8.00. The van der Waals surface area contributed by atoms with Gasteiger partial charge in [-0.25, -0.2) is 0 Å². The molecule has 0 amide bonds. The Bertz CT molecular complexity index is 365. The summed E-state index contributed by atoms with van der Waals surface area (Å²) in [5, 5.41) is 0. The fraction of sp³-hybridized carbons (Fsp3) is 0.647. The van der Waals surface area contributed by atoms with Gasteiger partial charge in [0.2, 0.25) is 0 Å². The zero-order valence-electron chi connectivity index (χ0n) is 12.4. The van der Waals surface area contributed by atoms with E-state index in [4.69, 9.17) is 5.73 Å². The minimum Gasteiger partial charge on any atom is -0.399 e. The number of rotatable bonds is 5. The van der Waals surface area contributed by atoms with Crippen LogP contribution in [0, 0.1) is 0 Å². The molecule has 19 heavy (non-hydrogen) atoms. The largest absolute Gasteiger partial charge is 0.399 e. The number of nitrogens with zero attached hydrogens (tertiary/aromatic N) is 1. The smallest absolute Gasteiger partial charge is 0.0314 e. The van der Waals surface area contributed by atoms with Crippen LogP contribution < -0.4 is 5.73 Å². The highest BCUT2D eigenvalue weighted by Gasteiger charge is 2.18. The van der Waals surface area contributed by atoms with E-state index in [9.17, 15) is 0 Å². The molecule has 1 saturated carbocycles. The van der Waals surface area contributed by atoms with E-state index in [0.717, 1.165) is 11.7 Å². The van der Waals surface area contributed by atoms with E-state index in [1.807, 2.05) is 12.1 Å². The summed E-state index contributed by atoms with van der Waals surface area (Å²) < 4.78 is 0. The minimum absolute atomic E-state index is 0.617. The molecule has 1 atom stereocenters. The van der Waals surface area contributed by atoms with Crippen molar-refractivity contribution in [1.29, 1.82) is 0 Å². The average molecular weight is 260 g/mol. The molecule has 0 aliphatic heterocycles. The highest BCUT2D eigenvalue weighted by molar-refractivity contribution is 5.40. The van der Waals surface area contributed by atoms with E-state index in [1.165, 1.54) is 50.6 Å². The van der Waals surface area contributed by atoms with Gasteiger partial charge in [0, 0.05) is 11.7 Å². The van der Waals surface area contributed by atoms with Crippen LogP contribution in [0.5, 0.6) is 0 Å². The summed E-state index contributed by atoms with van der Waals surface area (Å²) in [4.78, 5) is 2.58. The Kier molecular flexibility index (Phi) is 5.26. The number of nitrogens with two attached hydrogens (primary N) is 1. The molecular weight excluding hydrogens is 232 g/mol. The third-order valence-corrected chi connectivity index (χ3v) is 4.62. The van der Waals surface area contributed by atoms with Gasteiger partial charge in [0.1, 0.15) is 0 Å². The van der Waals surface area contributed by atoms with Gasteiger partial charge < -0.3 is 10.6 Å². The van der Waals surface area contributed by atoms with Crippen molar-refractivity contribution in [2.24, 2.45) is 0 Å². The van der Waals surface area contributed by atoms with Crippen molar-refractivity contribution in [2.45, 2.75) is 57.4 Å². The number of hydrogen-bond acceptors (Lipinski definition) is 2. The van der Waals surface area contributed by atoms with E-state index in [2.05, 4.69) is 31.0 Å².